The minimum Gasteiger partial charge on any atom is -0.491 e. The Labute approximate surface area is 148 Å². The zero-order chi connectivity index (χ0) is 18.5. The van der Waals surface area contributed by atoms with Gasteiger partial charge in [-0.3, -0.25) is 4.79 Å². The minimum absolute atomic E-state index is 0.0422. The molecule has 0 bridgehead atoms. The molecule has 2 aromatic carbocycles. The molecule has 136 valence electrons. The molecule has 4 rings (SSSR count). The van der Waals surface area contributed by atoms with Gasteiger partial charge >= 0.3 is 6.18 Å². The third-order valence-electron chi connectivity index (χ3n) is 4.89. The van der Waals surface area contributed by atoms with Gasteiger partial charge in [0.15, 0.2) is 0 Å². The van der Waals surface area contributed by atoms with Gasteiger partial charge in [-0.05, 0) is 41.8 Å². The number of nitrogens with zero attached hydrogens (tertiary/aromatic N) is 1. The number of carbonyl (C=O) groups is 1. The second kappa shape index (κ2) is 6.02. The number of rotatable bonds is 1. The summed E-state index contributed by atoms with van der Waals surface area (Å²) in [6, 6.07) is 9.89. The quantitative estimate of drug-likeness (QED) is 0.847. The summed E-state index contributed by atoms with van der Waals surface area (Å²) in [6.07, 6.45) is -3.68. The molecule has 2 aliphatic rings. The lowest BCUT2D eigenvalue weighted by Crippen LogP contribution is -2.37. The Morgan fingerprint density at radius 1 is 1.08 bits per heavy atom. The van der Waals surface area contributed by atoms with E-state index in [1.807, 2.05) is 0 Å². The Kier molecular flexibility index (Phi) is 3.91. The standard InChI is InChI=1S/C19H17F3N2O2/c20-19(21,22)13-4-1-11(2-5-13)12-3-6-17-16(7-12)18(25)24-9-14(23)8-15(24)10-26-17/h1-7,14-15H,8-10,23H2/t14-,15-/m0/s1. The van der Waals surface area contributed by atoms with Gasteiger partial charge in [0.25, 0.3) is 5.91 Å². The number of halogens is 3. The molecule has 0 spiro atoms. The number of ether oxygens (including phenoxy) is 1. The first-order chi connectivity index (χ1) is 12.3. The number of hydrogen-bond donors (Lipinski definition) is 1. The number of nitrogens with two attached hydrogens (primary N) is 1. The molecule has 26 heavy (non-hydrogen) atoms. The number of fused-ring (bicyclic) bond motifs is 2. The predicted octanol–water partition coefficient (Wildman–Crippen LogP) is 3.31. The van der Waals surface area contributed by atoms with Crippen molar-refractivity contribution in [3.8, 4) is 16.9 Å². The number of benzene rings is 2. The fourth-order valence-electron chi connectivity index (χ4n) is 3.55. The Bertz CT molecular complexity index is 849. The molecule has 1 saturated heterocycles. The Morgan fingerprint density at radius 2 is 1.77 bits per heavy atom. The smallest absolute Gasteiger partial charge is 0.416 e. The molecule has 0 saturated carbocycles. The number of alkyl halides is 3. The summed E-state index contributed by atoms with van der Waals surface area (Å²) < 4.78 is 43.9. The predicted molar refractivity (Wildman–Crippen MR) is 89.8 cm³/mol. The second-order valence-corrected chi connectivity index (χ2v) is 6.70. The zero-order valence-electron chi connectivity index (χ0n) is 13.8. The molecule has 7 heteroatoms. The Hall–Kier alpha value is -2.54. The van der Waals surface area contributed by atoms with Gasteiger partial charge in [0, 0.05) is 12.6 Å². The van der Waals surface area contributed by atoms with E-state index in [4.69, 9.17) is 10.5 Å². The van der Waals surface area contributed by atoms with Crippen LogP contribution >= 0.6 is 0 Å². The normalized spacial score (nSPS) is 22.5. The first-order valence-electron chi connectivity index (χ1n) is 8.34. The molecule has 1 amide bonds. The van der Waals surface area contributed by atoms with Crippen molar-refractivity contribution in [1.82, 2.24) is 4.90 Å². The van der Waals surface area contributed by atoms with Crippen molar-refractivity contribution in [2.24, 2.45) is 5.73 Å². The van der Waals surface area contributed by atoms with Crippen LogP contribution in [0.25, 0.3) is 11.1 Å². The van der Waals surface area contributed by atoms with Crippen LogP contribution in [-0.2, 0) is 6.18 Å². The van der Waals surface area contributed by atoms with Crippen LogP contribution in [0.4, 0.5) is 13.2 Å². The summed E-state index contributed by atoms with van der Waals surface area (Å²) in [5, 5.41) is 0. The summed E-state index contributed by atoms with van der Waals surface area (Å²) >= 11 is 0. The highest BCUT2D eigenvalue weighted by molar-refractivity contribution is 5.99. The summed E-state index contributed by atoms with van der Waals surface area (Å²) in [6.45, 7) is 0.878. The average molecular weight is 362 g/mol. The van der Waals surface area contributed by atoms with Crippen LogP contribution in [0, 0.1) is 0 Å². The largest absolute Gasteiger partial charge is 0.491 e. The molecular weight excluding hydrogens is 345 g/mol. The molecule has 0 aliphatic carbocycles. The van der Waals surface area contributed by atoms with Crippen LogP contribution in [0.1, 0.15) is 22.3 Å². The van der Waals surface area contributed by atoms with Crippen LogP contribution in [0.15, 0.2) is 42.5 Å². The highest BCUT2D eigenvalue weighted by Gasteiger charge is 2.38. The summed E-state index contributed by atoms with van der Waals surface area (Å²) in [5.74, 6) is 0.345. The molecule has 4 nitrogen and oxygen atoms in total. The van der Waals surface area contributed by atoms with Crippen LogP contribution < -0.4 is 10.5 Å². The van der Waals surface area contributed by atoms with E-state index in [0.29, 0.717) is 42.0 Å². The maximum Gasteiger partial charge on any atom is 0.416 e. The fourth-order valence-corrected chi connectivity index (χ4v) is 3.55. The van der Waals surface area contributed by atoms with E-state index in [1.165, 1.54) is 12.1 Å². The average Bonchev–Trinajstić information content (AvgIpc) is 2.94. The third kappa shape index (κ3) is 2.92. The van der Waals surface area contributed by atoms with E-state index in [0.717, 1.165) is 12.1 Å². The van der Waals surface area contributed by atoms with Crippen molar-refractivity contribution in [2.75, 3.05) is 13.2 Å². The Morgan fingerprint density at radius 3 is 2.46 bits per heavy atom. The molecule has 2 atom stereocenters. The van der Waals surface area contributed by atoms with Gasteiger partial charge < -0.3 is 15.4 Å². The molecule has 2 N–H and O–H groups in total. The lowest BCUT2D eigenvalue weighted by molar-refractivity contribution is -0.137. The number of hydrogen-bond acceptors (Lipinski definition) is 3. The van der Waals surface area contributed by atoms with Gasteiger partial charge in [-0.2, -0.15) is 13.2 Å². The van der Waals surface area contributed by atoms with Crippen molar-refractivity contribution in [3.63, 3.8) is 0 Å². The van der Waals surface area contributed by atoms with Gasteiger partial charge in [0.2, 0.25) is 0 Å². The van der Waals surface area contributed by atoms with Crippen molar-refractivity contribution in [1.29, 1.82) is 0 Å². The van der Waals surface area contributed by atoms with Gasteiger partial charge in [-0.1, -0.05) is 18.2 Å². The van der Waals surface area contributed by atoms with Crippen molar-refractivity contribution < 1.29 is 22.7 Å². The van der Waals surface area contributed by atoms with Crippen LogP contribution in [0.3, 0.4) is 0 Å². The SMILES string of the molecule is N[C@H]1C[C@H]2COc3ccc(-c4ccc(C(F)(F)F)cc4)cc3C(=O)N2C1. The minimum atomic E-state index is -4.38. The molecule has 1 fully saturated rings. The third-order valence-corrected chi connectivity index (χ3v) is 4.89. The van der Waals surface area contributed by atoms with Gasteiger partial charge in [0.05, 0.1) is 17.2 Å². The van der Waals surface area contributed by atoms with Gasteiger partial charge in [-0.25, -0.2) is 0 Å². The van der Waals surface area contributed by atoms with Crippen LogP contribution in [0.5, 0.6) is 5.75 Å². The lowest BCUT2D eigenvalue weighted by atomic mass is 10.0. The van der Waals surface area contributed by atoms with Gasteiger partial charge in [0.1, 0.15) is 12.4 Å². The fraction of sp³-hybridized carbons (Fsp3) is 0.316. The first-order valence-corrected chi connectivity index (χ1v) is 8.34. The van der Waals surface area contributed by atoms with E-state index in [-0.39, 0.29) is 18.0 Å². The summed E-state index contributed by atoms with van der Waals surface area (Å²) in [5.41, 5.74) is 6.94. The number of amides is 1. The molecule has 0 unspecified atom stereocenters. The van der Waals surface area contributed by atoms with E-state index in [1.54, 1.807) is 23.1 Å². The highest BCUT2D eigenvalue weighted by Crippen LogP contribution is 2.34. The Balaban J connectivity index is 1.68. The van der Waals surface area contributed by atoms with Crippen molar-refractivity contribution in [3.05, 3.63) is 53.6 Å². The van der Waals surface area contributed by atoms with Crippen molar-refractivity contribution >= 4 is 5.91 Å². The van der Waals surface area contributed by atoms with Gasteiger partial charge in [-0.15, -0.1) is 0 Å². The maximum atomic E-state index is 12.9. The van der Waals surface area contributed by atoms with E-state index in [2.05, 4.69) is 0 Å². The lowest BCUT2D eigenvalue weighted by Gasteiger charge is -2.20. The highest BCUT2D eigenvalue weighted by atomic mass is 19.4. The molecule has 0 radical (unpaired) electrons. The summed E-state index contributed by atoms with van der Waals surface area (Å²) in [4.78, 5) is 14.6. The molecule has 2 aromatic rings. The topological polar surface area (TPSA) is 55.6 Å². The molecule has 2 heterocycles. The molecular formula is C19H17F3N2O2. The summed E-state index contributed by atoms with van der Waals surface area (Å²) in [7, 11) is 0. The van der Waals surface area contributed by atoms with Crippen molar-refractivity contribution in [2.45, 2.75) is 24.7 Å². The monoisotopic (exact) mass is 362 g/mol. The molecule has 0 aromatic heterocycles. The van der Waals surface area contributed by atoms with Crippen LogP contribution in [-0.4, -0.2) is 36.0 Å². The number of carbonyl (C=O) groups excluding carboxylic acids is 1. The molecule has 2 aliphatic heterocycles. The zero-order valence-corrected chi connectivity index (χ0v) is 13.8. The first kappa shape index (κ1) is 16.9. The van der Waals surface area contributed by atoms with E-state index in [9.17, 15) is 18.0 Å². The van der Waals surface area contributed by atoms with E-state index < -0.39 is 11.7 Å². The maximum absolute atomic E-state index is 12.9. The van der Waals surface area contributed by atoms with Crippen LogP contribution in [0.2, 0.25) is 0 Å². The van der Waals surface area contributed by atoms with E-state index >= 15 is 0 Å². The second-order valence-electron chi connectivity index (χ2n) is 6.70.